The van der Waals surface area contributed by atoms with Crippen LogP contribution in [0.25, 0.3) is 0 Å². The van der Waals surface area contributed by atoms with Crippen LogP contribution in [-0.2, 0) is 14.8 Å². The molecule has 3 rings (SSSR count). The number of carbonyl (C=O) groups excluding carboxylic acids is 1. The number of sulfonamides is 1. The smallest absolute Gasteiger partial charge is 0.264 e. The molecule has 0 aromatic heterocycles. The summed E-state index contributed by atoms with van der Waals surface area (Å²) in [5.41, 5.74) is 5.86. The molecule has 0 aliphatic rings. The van der Waals surface area contributed by atoms with Gasteiger partial charge in [-0.3, -0.25) is 9.10 Å². The lowest BCUT2D eigenvalue weighted by Crippen LogP contribution is -2.39. The Bertz CT molecular complexity index is 1320. The van der Waals surface area contributed by atoms with Crippen molar-refractivity contribution in [2.24, 2.45) is 5.73 Å². The van der Waals surface area contributed by atoms with E-state index in [2.05, 4.69) is 0 Å². The number of hydrogen-bond acceptors (Lipinski definition) is 6. The van der Waals surface area contributed by atoms with Gasteiger partial charge in [0.25, 0.3) is 10.0 Å². The van der Waals surface area contributed by atoms with Crippen LogP contribution < -0.4 is 19.5 Å². The number of amides is 1. The molecule has 1 amide bonds. The highest BCUT2D eigenvalue weighted by atomic mass is 35.5. The van der Waals surface area contributed by atoms with Crippen LogP contribution in [0.2, 0.25) is 10.0 Å². The summed E-state index contributed by atoms with van der Waals surface area (Å²) in [6.07, 6.45) is -1.32. The lowest BCUT2D eigenvalue weighted by atomic mass is 9.99. The predicted octanol–water partition coefficient (Wildman–Crippen LogP) is 3.77. The maximum absolute atomic E-state index is 13.7. The summed E-state index contributed by atoms with van der Waals surface area (Å²) in [7, 11) is -1.60. The first-order valence-electron chi connectivity index (χ1n) is 9.85. The van der Waals surface area contributed by atoms with Crippen molar-refractivity contribution in [3.05, 3.63) is 81.8 Å². The molecule has 3 N–H and O–H groups in total. The predicted molar refractivity (Wildman–Crippen MR) is 130 cm³/mol. The van der Waals surface area contributed by atoms with Crippen LogP contribution >= 0.6 is 23.2 Å². The monoisotopic (exact) mass is 524 g/mol. The molecular weight excluding hydrogens is 503 g/mol. The summed E-state index contributed by atoms with van der Waals surface area (Å²) >= 11 is 12.4. The summed E-state index contributed by atoms with van der Waals surface area (Å²) < 4.78 is 38.6. The largest absolute Gasteiger partial charge is 0.493 e. The Morgan fingerprint density at radius 3 is 2.29 bits per heavy atom. The van der Waals surface area contributed by atoms with Gasteiger partial charge in [-0.15, -0.1) is 0 Å². The number of ether oxygens (including phenoxy) is 2. The molecular formula is C23H22Cl2N2O6S. The van der Waals surface area contributed by atoms with E-state index in [4.69, 9.17) is 38.4 Å². The van der Waals surface area contributed by atoms with E-state index < -0.39 is 28.6 Å². The van der Waals surface area contributed by atoms with Gasteiger partial charge < -0.3 is 20.3 Å². The van der Waals surface area contributed by atoms with E-state index >= 15 is 0 Å². The maximum Gasteiger partial charge on any atom is 0.264 e. The molecule has 3 aromatic carbocycles. The summed E-state index contributed by atoms with van der Waals surface area (Å²) in [5.74, 6) is -0.423. The molecule has 1 unspecified atom stereocenters. The molecule has 0 aliphatic heterocycles. The molecule has 0 fully saturated rings. The van der Waals surface area contributed by atoms with Crippen molar-refractivity contribution in [3.63, 3.8) is 0 Å². The van der Waals surface area contributed by atoms with Gasteiger partial charge in [-0.05, 0) is 30.3 Å². The van der Waals surface area contributed by atoms with Gasteiger partial charge >= 0.3 is 0 Å². The van der Waals surface area contributed by atoms with Crippen molar-refractivity contribution < 1.29 is 27.8 Å². The first-order chi connectivity index (χ1) is 16.1. The molecule has 11 heteroatoms. The highest BCUT2D eigenvalue weighted by Crippen LogP contribution is 2.38. The van der Waals surface area contributed by atoms with Crippen LogP contribution in [0, 0.1) is 0 Å². The van der Waals surface area contributed by atoms with E-state index in [1.165, 1.54) is 50.6 Å². The van der Waals surface area contributed by atoms with Crippen molar-refractivity contribution in [1.82, 2.24) is 0 Å². The van der Waals surface area contributed by atoms with Crippen LogP contribution in [0.4, 0.5) is 5.69 Å². The number of rotatable bonds is 9. The van der Waals surface area contributed by atoms with E-state index in [-0.39, 0.29) is 31.9 Å². The third kappa shape index (κ3) is 5.23. The fourth-order valence-electron chi connectivity index (χ4n) is 3.37. The minimum atomic E-state index is -4.38. The van der Waals surface area contributed by atoms with Crippen molar-refractivity contribution >= 4 is 44.8 Å². The zero-order chi connectivity index (χ0) is 25.0. The molecule has 0 spiro atoms. The summed E-state index contributed by atoms with van der Waals surface area (Å²) in [6, 6.07) is 14.9. The summed E-state index contributed by atoms with van der Waals surface area (Å²) in [6.45, 7) is -0.709. The fourth-order valence-corrected chi connectivity index (χ4v) is 5.24. The molecule has 34 heavy (non-hydrogen) atoms. The third-order valence-corrected chi connectivity index (χ3v) is 7.33. The summed E-state index contributed by atoms with van der Waals surface area (Å²) in [5, 5.41) is 11.6. The number of benzene rings is 3. The highest BCUT2D eigenvalue weighted by molar-refractivity contribution is 7.92. The second-order valence-corrected chi connectivity index (χ2v) is 9.83. The van der Waals surface area contributed by atoms with Gasteiger partial charge in [-0.25, -0.2) is 8.42 Å². The van der Waals surface area contributed by atoms with Crippen LogP contribution in [0.15, 0.2) is 65.6 Å². The van der Waals surface area contributed by atoms with Gasteiger partial charge in [0.1, 0.15) is 12.6 Å². The second-order valence-electron chi connectivity index (χ2n) is 7.12. The molecule has 0 saturated heterocycles. The number of aliphatic hydroxyl groups excluding tert-OH is 1. The number of nitrogens with two attached hydrogens (primary N) is 1. The van der Waals surface area contributed by atoms with Crippen LogP contribution in [0.3, 0.4) is 0 Å². The zero-order valence-corrected chi connectivity index (χ0v) is 20.6. The molecule has 180 valence electrons. The van der Waals surface area contributed by atoms with Gasteiger partial charge in [0.2, 0.25) is 5.91 Å². The summed E-state index contributed by atoms with van der Waals surface area (Å²) in [4.78, 5) is 11.7. The van der Waals surface area contributed by atoms with Gasteiger partial charge in [-0.1, -0.05) is 47.5 Å². The Labute approximate surface area is 207 Å². The Morgan fingerprint density at radius 2 is 1.68 bits per heavy atom. The van der Waals surface area contributed by atoms with E-state index in [0.29, 0.717) is 11.3 Å². The van der Waals surface area contributed by atoms with Crippen LogP contribution in [0.1, 0.15) is 17.2 Å². The van der Waals surface area contributed by atoms with Gasteiger partial charge in [0, 0.05) is 27.2 Å². The van der Waals surface area contributed by atoms with Gasteiger partial charge in [0.05, 0.1) is 24.8 Å². The Hall–Kier alpha value is -2.98. The number of primary amides is 1. The third-order valence-electron chi connectivity index (χ3n) is 5.00. The number of halogens is 2. The van der Waals surface area contributed by atoms with Crippen molar-refractivity contribution in [3.8, 4) is 11.5 Å². The molecule has 0 heterocycles. The Balaban J connectivity index is 2.22. The van der Waals surface area contributed by atoms with E-state index in [1.54, 1.807) is 24.3 Å². The van der Waals surface area contributed by atoms with E-state index in [0.717, 1.165) is 4.31 Å². The van der Waals surface area contributed by atoms with Crippen molar-refractivity contribution in [2.45, 2.75) is 11.0 Å². The fraction of sp³-hybridized carbons (Fsp3) is 0.174. The Kier molecular flexibility index (Phi) is 7.93. The highest BCUT2D eigenvalue weighted by Gasteiger charge is 2.31. The normalized spacial score (nSPS) is 12.1. The minimum Gasteiger partial charge on any atom is -0.493 e. The number of carbonyl (C=O) groups is 1. The standard InChI is InChI=1S/C23H22Cl2N2O6S/c1-32-20-10-8-15(12-21(20)33-2)34(30,31)27(13-22(26)28)19-11-14(24)7-9-17(19)23(29)16-5-3-4-6-18(16)25/h3-12,23,29H,13H2,1-2H3,(H2,26,28). The average molecular weight is 525 g/mol. The molecule has 0 aliphatic carbocycles. The number of anilines is 1. The molecule has 8 nitrogen and oxygen atoms in total. The van der Waals surface area contributed by atoms with Crippen molar-refractivity contribution in [2.75, 3.05) is 25.1 Å². The van der Waals surface area contributed by atoms with Crippen LogP contribution in [0.5, 0.6) is 11.5 Å². The molecule has 0 radical (unpaired) electrons. The topological polar surface area (TPSA) is 119 Å². The molecule has 1 atom stereocenters. The van der Waals surface area contributed by atoms with Gasteiger partial charge in [0.15, 0.2) is 11.5 Å². The number of hydrogen-bond donors (Lipinski definition) is 2. The number of methoxy groups -OCH3 is 2. The molecule has 0 bridgehead atoms. The average Bonchev–Trinajstić information content (AvgIpc) is 2.81. The minimum absolute atomic E-state index is 0.0338. The second kappa shape index (κ2) is 10.5. The number of aliphatic hydroxyl groups is 1. The SMILES string of the molecule is COc1ccc(S(=O)(=O)N(CC(N)=O)c2cc(Cl)ccc2C(O)c2ccccc2Cl)cc1OC. The van der Waals surface area contributed by atoms with Crippen molar-refractivity contribution in [1.29, 1.82) is 0 Å². The van der Waals surface area contributed by atoms with E-state index in [1.807, 2.05) is 0 Å². The Morgan fingerprint density at radius 1 is 1.00 bits per heavy atom. The van der Waals surface area contributed by atoms with Crippen LogP contribution in [-0.4, -0.2) is 40.2 Å². The van der Waals surface area contributed by atoms with E-state index in [9.17, 15) is 18.3 Å². The molecule has 0 saturated carbocycles. The molecule has 3 aromatic rings. The van der Waals surface area contributed by atoms with Gasteiger partial charge in [-0.2, -0.15) is 0 Å². The lowest BCUT2D eigenvalue weighted by molar-refractivity contribution is -0.116. The lowest BCUT2D eigenvalue weighted by Gasteiger charge is -2.28. The first-order valence-corrected chi connectivity index (χ1v) is 12.0. The number of nitrogens with zero attached hydrogens (tertiary/aromatic N) is 1. The first kappa shape index (κ1) is 25.6. The zero-order valence-electron chi connectivity index (χ0n) is 18.2. The quantitative estimate of drug-likeness (QED) is 0.439. The maximum atomic E-state index is 13.7.